The van der Waals surface area contributed by atoms with Crippen molar-refractivity contribution in [3.63, 3.8) is 0 Å². The number of methoxy groups -OCH3 is 1. The third-order valence-electron chi connectivity index (χ3n) is 3.56. The van der Waals surface area contributed by atoms with Crippen LogP contribution in [0.1, 0.15) is 12.7 Å². The molecule has 0 aliphatic heterocycles. The molecule has 0 aliphatic carbocycles. The highest BCUT2D eigenvalue weighted by molar-refractivity contribution is 8.00. The van der Waals surface area contributed by atoms with Crippen molar-refractivity contribution in [2.24, 2.45) is 0 Å². The Morgan fingerprint density at radius 3 is 2.85 bits per heavy atom. The SMILES string of the molecule is COc1ccc(Cl)cc1NC(=O)[C@@H](C)Sc1nnc(-c2ccoc2C)o1. The van der Waals surface area contributed by atoms with Crippen molar-refractivity contribution in [3.8, 4) is 17.2 Å². The number of carbonyl (C=O) groups excluding carboxylic acids is 1. The Hall–Kier alpha value is -2.45. The van der Waals surface area contributed by atoms with Gasteiger partial charge in [0.15, 0.2) is 0 Å². The number of nitrogens with zero attached hydrogens (tertiary/aromatic N) is 2. The van der Waals surface area contributed by atoms with E-state index in [1.807, 2.05) is 0 Å². The van der Waals surface area contributed by atoms with E-state index in [9.17, 15) is 4.79 Å². The topological polar surface area (TPSA) is 90.4 Å². The predicted molar refractivity (Wildman–Crippen MR) is 98.7 cm³/mol. The molecule has 2 heterocycles. The third kappa shape index (κ3) is 4.03. The van der Waals surface area contributed by atoms with Crippen LogP contribution in [0.4, 0.5) is 5.69 Å². The summed E-state index contributed by atoms with van der Waals surface area (Å²) in [4.78, 5) is 12.5. The summed E-state index contributed by atoms with van der Waals surface area (Å²) in [7, 11) is 1.52. The number of furan rings is 1. The second-order valence-corrected chi connectivity index (χ2v) is 7.09. The smallest absolute Gasteiger partial charge is 0.277 e. The van der Waals surface area contributed by atoms with Gasteiger partial charge in [0.25, 0.3) is 11.1 Å². The summed E-state index contributed by atoms with van der Waals surface area (Å²) in [6.07, 6.45) is 1.55. The number of benzene rings is 1. The first-order valence-corrected chi connectivity index (χ1v) is 8.92. The van der Waals surface area contributed by atoms with Crippen LogP contribution in [0.5, 0.6) is 5.75 Å². The molecule has 1 amide bonds. The summed E-state index contributed by atoms with van der Waals surface area (Å²) < 4.78 is 16.0. The molecule has 0 unspecified atom stereocenters. The van der Waals surface area contributed by atoms with Crippen molar-refractivity contribution in [2.75, 3.05) is 12.4 Å². The number of nitrogens with one attached hydrogen (secondary N) is 1. The van der Waals surface area contributed by atoms with E-state index in [2.05, 4.69) is 15.5 Å². The fraction of sp³-hybridized carbons (Fsp3) is 0.235. The van der Waals surface area contributed by atoms with Crippen LogP contribution >= 0.6 is 23.4 Å². The molecule has 0 saturated carbocycles. The number of ether oxygens (including phenoxy) is 1. The molecule has 3 rings (SSSR count). The van der Waals surface area contributed by atoms with Crippen LogP contribution in [0.2, 0.25) is 5.02 Å². The van der Waals surface area contributed by atoms with E-state index >= 15 is 0 Å². The molecule has 0 spiro atoms. The summed E-state index contributed by atoms with van der Waals surface area (Å²) in [5, 5.41) is 11.1. The largest absolute Gasteiger partial charge is 0.495 e. The molecule has 3 aromatic rings. The van der Waals surface area contributed by atoms with E-state index in [0.29, 0.717) is 33.3 Å². The summed E-state index contributed by atoms with van der Waals surface area (Å²) >= 11 is 7.13. The van der Waals surface area contributed by atoms with Crippen molar-refractivity contribution in [1.82, 2.24) is 10.2 Å². The van der Waals surface area contributed by atoms with Crippen LogP contribution in [-0.2, 0) is 4.79 Å². The maximum absolute atomic E-state index is 12.5. The molecule has 2 aromatic heterocycles. The molecule has 7 nitrogen and oxygen atoms in total. The molecule has 136 valence electrons. The molecule has 1 N–H and O–H groups in total. The van der Waals surface area contributed by atoms with Crippen molar-refractivity contribution in [2.45, 2.75) is 24.3 Å². The quantitative estimate of drug-likeness (QED) is 0.620. The van der Waals surface area contributed by atoms with Gasteiger partial charge < -0.3 is 18.9 Å². The predicted octanol–water partition coefficient (Wildman–Crippen LogP) is 4.42. The normalized spacial score (nSPS) is 12.0. The second kappa shape index (κ2) is 7.84. The van der Waals surface area contributed by atoms with Gasteiger partial charge in [-0.15, -0.1) is 10.2 Å². The van der Waals surface area contributed by atoms with Crippen molar-refractivity contribution in [3.05, 3.63) is 41.3 Å². The fourth-order valence-corrected chi connectivity index (χ4v) is 3.05. The Bertz CT molecular complexity index is 924. The third-order valence-corrected chi connectivity index (χ3v) is 4.73. The highest BCUT2D eigenvalue weighted by Crippen LogP contribution is 2.31. The van der Waals surface area contributed by atoms with Gasteiger partial charge >= 0.3 is 0 Å². The Morgan fingerprint density at radius 1 is 1.35 bits per heavy atom. The Labute approximate surface area is 159 Å². The Morgan fingerprint density at radius 2 is 2.15 bits per heavy atom. The minimum atomic E-state index is -0.475. The summed E-state index contributed by atoms with van der Waals surface area (Å²) in [6, 6.07) is 6.75. The van der Waals surface area contributed by atoms with Crippen LogP contribution in [-0.4, -0.2) is 28.5 Å². The lowest BCUT2D eigenvalue weighted by atomic mass is 10.3. The van der Waals surface area contributed by atoms with E-state index in [-0.39, 0.29) is 5.91 Å². The molecule has 0 radical (unpaired) electrons. The fourth-order valence-electron chi connectivity index (χ4n) is 2.19. The van der Waals surface area contributed by atoms with Gasteiger partial charge in [0.1, 0.15) is 11.5 Å². The summed E-state index contributed by atoms with van der Waals surface area (Å²) in [5.74, 6) is 1.32. The average Bonchev–Trinajstić information content (AvgIpc) is 3.23. The first kappa shape index (κ1) is 18.3. The summed E-state index contributed by atoms with van der Waals surface area (Å²) in [5.41, 5.74) is 1.22. The first-order valence-electron chi connectivity index (χ1n) is 7.67. The van der Waals surface area contributed by atoms with Gasteiger partial charge in [0.2, 0.25) is 5.91 Å². The monoisotopic (exact) mass is 393 g/mol. The highest BCUT2D eigenvalue weighted by Gasteiger charge is 2.21. The number of carbonyl (C=O) groups is 1. The van der Waals surface area contributed by atoms with Gasteiger partial charge in [0, 0.05) is 5.02 Å². The molecule has 9 heteroatoms. The lowest BCUT2D eigenvalue weighted by Gasteiger charge is -2.13. The minimum Gasteiger partial charge on any atom is -0.495 e. The number of aryl methyl sites for hydroxylation is 1. The van der Waals surface area contributed by atoms with Crippen molar-refractivity contribution >= 4 is 35.0 Å². The van der Waals surface area contributed by atoms with E-state index in [0.717, 1.165) is 17.3 Å². The zero-order chi connectivity index (χ0) is 18.7. The van der Waals surface area contributed by atoms with Crippen molar-refractivity contribution < 1.29 is 18.4 Å². The average molecular weight is 394 g/mol. The van der Waals surface area contributed by atoms with E-state index in [1.54, 1.807) is 44.4 Å². The number of halogens is 1. The maximum atomic E-state index is 12.5. The van der Waals surface area contributed by atoms with Crippen LogP contribution in [0.25, 0.3) is 11.5 Å². The van der Waals surface area contributed by atoms with Crippen LogP contribution in [0.3, 0.4) is 0 Å². The number of amides is 1. The number of hydrogen-bond donors (Lipinski definition) is 1. The molecular formula is C17H16ClN3O4S. The van der Waals surface area contributed by atoms with Crippen LogP contribution in [0, 0.1) is 6.92 Å². The first-order chi connectivity index (χ1) is 12.5. The molecular weight excluding hydrogens is 378 g/mol. The zero-order valence-corrected chi connectivity index (χ0v) is 15.9. The Kier molecular flexibility index (Phi) is 5.53. The number of anilines is 1. The van der Waals surface area contributed by atoms with E-state index in [1.165, 1.54) is 7.11 Å². The van der Waals surface area contributed by atoms with Crippen LogP contribution in [0.15, 0.2) is 44.6 Å². The van der Waals surface area contributed by atoms with Crippen molar-refractivity contribution in [1.29, 1.82) is 0 Å². The maximum Gasteiger partial charge on any atom is 0.277 e. The van der Waals surface area contributed by atoms with Gasteiger partial charge in [-0.2, -0.15) is 0 Å². The molecule has 1 aromatic carbocycles. The highest BCUT2D eigenvalue weighted by atomic mass is 35.5. The van der Waals surface area contributed by atoms with Gasteiger partial charge in [-0.1, -0.05) is 23.4 Å². The summed E-state index contributed by atoms with van der Waals surface area (Å²) in [6.45, 7) is 3.55. The standard InChI is InChI=1S/C17H16ClN3O4S/c1-9-12(6-7-24-9)16-20-21-17(25-16)26-10(2)15(22)19-13-8-11(18)4-5-14(13)23-3/h4-8,10H,1-3H3,(H,19,22)/t10-/m1/s1. The van der Waals surface area contributed by atoms with Gasteiger partial charge in [0.05, 0.1) is 29.9 Å². The van der Waals surface area contributed by atoms with Gasteiger partial charge in [-0.3, -0.25) is 4.79 Å². The molecule has 26 heavy (non-hydrogen) atoms. The zero-order valence-electron chi connectivity index (χ0n) is 14.3. The number of aromatic nitrogens is 2. The second-order valence-electron chi connectivity index (χ2n) is 5.36. The van der Waals surface area contributed by atoms with Gasteiger partial charge in [-0.25, -0.2) is 0 Å². The number of thioether (sulfide) groups is 1. The molecule has 0 bridgehead atoms. The number of rotatable bonds is 6. The lowest BCUT2D eigenvalue weighted by Crippen LogP contribution is -2.22. The lowest BCUT2D eigenvalue weighted by molar-refractivity contribution is -0.115. The van der Waals surface area contributed by atoms with Crippen LogP contribution < -0.4 is 10.1 Å². The molecule has 0 saturated heterocycles. The van der Waals surface area contributed by atoms with E-state index < -0.39 is 5.25 Å². The molecule has 1 atom stereocenters. The minimum absolute atomic E-state index is 0.241. The van der Waals surface area contributed by atoms with E-state index in [4.69, 9.17) is 25.2 Å². The van der Waals surface area contributed by atoms with Gasteiger partial charge in [-0.05, 0) is 38.1 Å². The number of hydrogen-bond acceptors (Lipinski definition) is 7. The Balaban J connectivity index is 1.68. The molecule has 0 aliphatic rings. The molecule has 0 fully saturated rings.